The van der Waals surface area contributed by atoms with Gasteiger partial charge in [-0.25, -0.2) is 9.97 Å². The van der Waals surface area contributed by atoms with Crippen LogP contribution < -0.4 is 10.1 Å². The summed E-state index contributed by atoms with van der Waals surface area (Å²) in [7, 11) is 1.70. The van der Waals surface area contributed by atoms with E-state index in [9.17, 15) is 4.79 Å². The highest BCUT2D eigenvalue weighted by molar-refractivity contribution is 5.90. The van der Waals surface area contributed by atoms with Gasteiger partial charge in [0, 0.05) is 12.0 Å². The van der Waals surface area contributed by atoms with Crippen LogP contribution in [0.2, 0.25) is 0 Å². The standard InChI is InChI=1S/C25H33N3O2/c1-16(2)13-23(29)28-25-22(14-17-7-5-4-6-8-17)26-24-20-11-10-19(30-3)15-18(20)9-12-21(24)27-25/h10-11,15-17H,4-9,12-14H2,1-3H3,(H,27,28,29). The quantitative estimate of drug-likeness (QED) is 0.700. The second-order valence-corrected chi connectivity index (χ2v) is 9.19. The molecule has 160 valence electrons. The van der Waals surface area contributed by atoms with E-state index < -0.39 is 0 Å². The third-order valence-corrected chi connectivity index (χ3v) is 6.30. The zero-order valence-corrected chi connectivity index (χ0v) is 18.5. The summed E-state index contributed by atoms with van der Waals surface area (Å²) < 4.78 is 5.40. The maximum atomic E-state index is 12.5. The van der Waals surface area contributed by atoms with Gasteiger partial charge in [0.15, 0.2) is 5.82 Å². The minimum atomic E-state index is 0.0325. The molecule has 1 aromatic carbocycles. The van der Waals surface area contributed by atoms with E-state index in [1.165, 1.54) is 37.7 Å². The van der Waals surface area contributed by atoms with E-state index in [-0.39, 0.29) is 5.91 Å². The van der Waals surface area contributed by atoms with Gasteiger partial charge < -0.3 is 10.1 Å². The molecule has 2 aliphatic rings. The summed E-state index contributed by atoms with van der Waals surface area (Å²) in [6.07, 6.45) is 9.54. The zero-order chi connectivity index (χ0) is 21.1. The Morgan fingerprint density at radius 1 is 1.17 bits per heavy atom. The third-order valence-electron chi connectivity index (χ3n) is 6.30. The van der Waals surface area contributed by atoms with Crippen molar-refractivity contribution in [2.75, 3.05) is 12.4 Å². The third kappa shape index (κ3) is 4.66. The molecule has 0 unspecified atom stereocenters. The van der Waals surface area contributed by atoms with Crippen molar-refractivity contribution >= 4 is 11.7 Å². The lowest BCUT2D eigenvalue weighted by atomic mass is 9.85. The number of ether oxygens (including phenoxy) is 1. The maximum Gasteiger partial charge on any atom is 0.225 e. The molecule has 2 aliphatic carbocycles. The molecule has 4 rings (SSSR count). The largest absolute Gasteiger partial charge is 0.497 e. The van der Waals surface area contributed by atoms with Crippen molar-refractivity contribution in [3.63, 3.8) is 0 Å². The fourth-order valence-corrected chi connectivity index (χ4v) is 4.74. The molecule has 1 fully saturated rings. The fraction of sp³-hybridized carbons (Fsp3) is 0.560. The molecule has 0 spiro atoms. The summed E-state index contributed by atoms with van der Waals surface area (Å²) in [5, 5.41) is 3.09. The van der Waals surface area contributed by atoms with Crippen LogP contribution >= 0.6 is 0 Å². The number of amides is 1. The average molecular weight is 408 g/mol. The molecule has 0 saturated heterocycles. The number of hydrogen-bond donors (Lipinski definition) is 1. The van der Waals surface area contributed by atoms with Crippen molar-refractivity contribution in [2.45, 2.75) is 71.6 Å². The Kier molecular flexibility index (Phi) is 6.35. The summed E-state index contributed by atoms with van der Waals surface area (Å²) in [5.74, 6) is 2.54. The Bertz CT molecular complexity index is 917. The van der Waals surface area contributed by atoms with Gasteiger partial charge in [0.2, 0.25) is 5.91 Å². The number of nitrogens with one attached hydrogen (secondary N) is 1. The van der Waals surface area contributed by atoms with Crippen LogP contribution in [0.25, 0.3) is 11.3 Å². The van der Waals surface area contributed by atoms with Gasteiger partial charge in [-0.05, 0) is 54.9 Å². The van der Waals surface area contributed by atoms with Gasteiger partial charge in [0.25, 0.3) is 0 Å². The normalized spacial score (nSPS) is 16.1. The highest BCUT2D eigenvalue weighted by Crippen LogP contribution is 2.36. The fourth-order valence-electron chi connectivity index (χ4n) is 4.74. The zero-order valence-electron chi connectivity index (χ0n) is 18.5. The number of aromatic nitrogens is 2. The lowest BCUT2D eigenvalue weighted by Crippen LogP contribution is -2.21. The summed E-state index contributed by atoms with van der Waals surface area (Å²) in [6, 6.07) is 6.20. The Morgan fingerprint density at radius 2 is 1.97 bits per heavy atom. The first kappa shape index (κ1) is 20.8. The molecule has 0 radical (unpaired) electrons. The second kappa shape index (κ2) is 9.15. The van der Waals surface area contributed by atoms with Crippen molar-refractivity contribution < 1.29 is 9.53 Å². The van der Waals surface area contributed by atoms with Crippen molar-refractivity contribution in [3.8, 4) is 17.0 Å². The van der Waals surface area contributed by atoms with Gasteiger partial charge in [0.1, 0.15) is 5.75 Å². The molecule has 0 atom stereocenters. The molecule has 5 nitrogen and oxygen atoms in total. The van der Waals surface area contributed by atoms with Crippen LogP contribution in [-0.2, 0) is 24.1 Å². The smallest absolute Gasteiger partial charge is 0.225 e. The van der Waals surface area contributed by atoms with E-state index in [2.05, 4.69) is 31.3 Å². The van der Waals surface area contributed by atoms with Crippen molar-refractivity contribution in [2.24, 2.45) is 11.8 Å². The highest BCUT2D eigenvalue weighted by atomic mass is 16.5. The van der Waals surface area contributed by atoms with E-state index in [1.54, 1.807) is 7.11 Å². The van der Waals surface area contributed by atoms with Gasteiger partial charge >= 0.3 is 0 Å². The van der Waals surface area contributed by atoms with Crippen molar-refractivity contribution in [1.82, 2.24) is 9.97 Å². The first-order valence-electron chi connectivity index (χ1n) is 11.4. The number of rotatable bonds is 6. The van der Waals surface area contributed by atoms with Crippen LogP contribution in [0.3, 0.4) is 0 Å². The first-order valence-corrected chi connectivity index (χ1v) is 11.4. The Labute approximate surface area is 179 Å². The SMILES string of the molecule is COc1ccc2c(c1)CCc1nc(NC(=O)CC(C)C)c(CC3CCCCC3)nc1-2. The molecular weight excluding hydrogens is 374 g/mol. The number of aryl methyl sites for hydroxylation is 2. The maximum absolute atomic E-state index is 12.5. The summed E-state index contributed by atoms with van der Waals surface area (Å²) in [6.45, 7) is 4.12. The van der Waals surface area contributed by atoms with Gasteiger partial charge in [-0.3, -0.25) is 4.79 Å². The highest BCUT2D eigenvalue weighted by Gasteiger charge is 2.25. The van der Waals surface area contributed by atoms with E-state index >= 15 is 0 Å². The van der Waals surface area contributed by atoms with Crippen LogP contribution in [0.4, 0.5) is 5.82 Å². The summed E-state index contributed by atoms with van der Waals surface area (Å²) in [5.41, 5.74) is 5.32. The number of benzene rings is 1. The minimum absolute atomic E-state index is 0.0325. The Hall–Kier alpha value is -2.43. The van der Waals surface area contributed by atoms with Crippen molar-refractivity contribution in [1.29, 1.82) is 0 Å². The summed E-state index contributed by atoms with van der Waals surface area (Å²) >= 11 is 0. The predicted molar refractivity (Wildman–Crippen MR) is 120 cm³/mol. The molecule has 30 heavy (non-hydrogen) atoms. The number of anilines is 1. The number of carbonyl (C=O) groups is 1. The number of fused-ring (bicyclic) bond motifs is 3. The summed E-state index contributed by atoms with van der Waals surface area (Å²) in [4.78, 5) is 22.6. The molecule has 1 heterocycles. The van der Waals surface area contributed by atoms with Crippen LogP contribution in [-0.4, -0.2) is 23.0 Å². The van der Waals surface area contributed by atoms with E-state index in [4.69, 9.17) is 14.7 Å². The molecule has 1 N–H and O–H groups in total. The number of methoxy groups -OCH3 is 1. The van der Waals surface area contributed by atoms with E-state index in [0.29, 0.717) is 24.1 Å². The molecule has 0 aliphatic heterocycles. The molecule has 1 amide bonds. The predicted octanol–water partition coefficient (Wildman–Crippen LogP) is 5.36. The number of hydrogen-bond acceptors (Lipinski definition) is 4. The van der Waals surface area contributed by atoms with Crippen LogP contribution in [0.1, 0.15) is 69.3 Å². The minimum Gasteiger partial charge on any atom is -0.497 e. The molecule has 0 bridgehead atoms. The molecule has 5 heteroatoms. The number of carbonyl (C=O) groups excluding carboxylic acids is 1. The average Bonchev–Trinajstić information content (AvgIpc) is 2.74. The van der Waals surface area contributed by atoms with Crippen LogP contribution in [0.15, 0.2) is 18.2 Å². The molecular formula is C25H33N3O2. The monoisotopic (exact) mass is 407 g/mol. The lowest BCUT2D eigenvalue weighted by Gasteiger charge is -2.25. The van der Waals surface area contributed by atoms with Crippen molar-refractivity contribution in [3.05, 3.63) is 35.2 Å². The van der Waals surface area contributed by atoms with Gasteiger partial charge in [-0.15, -0.1) is 0 Å². The topological polar surface area (TPSA) is 64.1 Å². The molecule has 1 aromatic heterocycles. The Balaban J connectivity index is 1.70. The molecule has 2 aromatic rings. The van der Waals surface area contributed by atoms with Gasteiger partial charge in [-0.1, -0.05) is 46.0 Å². The number of nitrogens with zero attached hydrogens (tertiary/aromatic N) is 2. The molecule has 1 saturated carbocycles. The van der Waals surface area contributed by atoms with E-state index in [1.807, 2.05) is 6.07 Å². The first-order chi connectivity index (χ1) is 14.5. The van der Waals surface area contributed by atoms with E-state index in [0.717, 1.165) is 47.7 Å². The Morgan fingerprint density at radius 3 is 2.70 bits per heavy atom. The lowest BCUT2D eigenvalue weighted by molar-refractivity contribution is -0.116. The van der Waals surface area contributed by atoms with Gasteiger partial charge in [0.05, 0.1) is 24.2 Å². The van der Waals surface area contributed by atoms with Crippen LogP contribution in [0.5, 0.6) is 5.75 Å². The second-order valence-electron chi connectivity index (χ2n) is 9.19. The van der Waals surface area contributed by atoms with Gasteiger partial charge in [-0.2, -0.15) is 0 Å². The van der Waals surface area contributed by atoms with Crippen LogP contribution in [0, 0.1) is 11.8 Å².